The molecule has 0 radical (unpaired) electrons. The Hall–Kier alpha value is -2.50. The van der Waals surface area contributed by atoms with Gasteiger partial charge in [0.05, 0.1) is 11.6 Å². The van der Waals surface area contributed by atoms with Crippen molar-refractivity contribution in [3.63, 3.8) is 0 Å². The van der Waals surface area contributed by atoms with Gasteiger partial charge in [0.1, 0.15) is 0 Å². The highest BCUT2D eigenvalue weighted by Crippen LogP contribution is 2.21. The van der Waals surface area contributed by atoms with Gasteiger partial charge < -0.3 is 4.74 Å². The molecule has 0 aliphatic rings. The molecule has 0 fully saturated rings. The summed E-state index contributed by atoms with van der Waals surface area (Å²) in [5.74, 6) is -0.368. The van der Waals surface area contributed by atoms with Crippen LogP contribution in [0, 0.1) is 5.82 Å². The van der Waals surface area contributed by atoms with Crippen LogP contribution >= 0.6 is 0 Å². The lowest BCUT2D eigenvalue weighted by atomic mass is 10.3. The van der Waals surface area contributed by atoms with Crippen LogP contribution in [0.3, 0.4) is 0 Å². The van der Waals surface area contributed by atoms with Gasteiger partial charge in [-0.15, -0.1) is 0 Å². The van der Waals surface area contributed by atoms with E-state index in [9.17, 15) is 4.39 Å². The number of ether oxygens (including phenoxy) is 1. The minimum Gasteiger partial charge on any atom is -0.421 e. The highest BCUT2D eigenvalue weighted by molar-refractivity contribution is 5.72. The van der Waals surface area contributed by atoms with E-state index in [4.69, 9.17) is 4.74 Å². The number of benzene rings is 1. The zero-order valence-electron chi connectivity index (χ0n) is 8.59. The Morgan fingerprint density at radius 2 is 2.06 bits per heavy atom. The van der Waals surface area contributed by atoms with Gasteiger partial charge >= 0.3 is 6.01 Å². The lowest BCUT2D eigenvalue weighted by Gasteiger charge is -2.03. The van der Waals surface area contributed by atoms with E-state index in [1.165, 1.54) is 12.1 Å². The lowest BCUT2D eigenvalue weighted by Crippen LogP contribution is -1.93. The summed E-state index contributed by atoms with van der Waals surface area (Å²) in [7, 11) is 0. The highest BCUT2D eigenvalue weighted by atomic mass is 19.1. The Balaban J connectivity index is 1.97. The van der Waals surface area contributed by atoms with E-state index >= 15 is 0 Å². The molecule has 1 aromatic carbocycles. The maximum atomic E-state index is 13.3. The number of fused-ring (bicyclic) bond motifs is 1. The maximum absolute atomic E-state index is 13.3. The SMILES string of the molecule is Fc1ccccc1Oc1ncc2cn[nH]c2n1. The Kier molecular flexibility index (Phi) is 2.18. The van der Waals surface area contributed by atoms with Crippen molar-refractivity contribution in [3.8, 4) is 11.8 Å². The third kappa shape index (κ3) is 1.80. The Morgan fingerprint density at radius 1 is 1.18 bits per heavy atom. The van der Waals surface area contributed by atoms with Gasteiger partial charge in [0.2, 0.25) is 0 Å². The van der Waals surface area contributed by atoms with Gasteiger partial charge in [0, 0.05) is 6.20 Å². The molecule has 0 saturated heterocycles. The van der Waals surface area contributed by atoms with E-state index in [1.807, 2.05) is 0 Å². The molecule has 2 aromatic heterocycles. The summed E-state index contributed by atoms with van der Waals surface area (Å²) in [5.41, 5.74) is 0.548. The molecule has 5 nitrogen and oxygen atoms in total. The number of hydrogen-bond acceptors (Lipinski definition) is 4. The van der Waals surface area contributed by atoms with Crippen LogP contribution in [-0.4, -0.2) is 20.2 Å². The molecule has 84 valence electrons. The molecule has 3 rings (SSSR count). The van der Waals surface area contributed by atoms with Crippen LogP contribution < -0.4 is 4.74 Å². The van der Waals surface area contributed by atoms with E-state index in [2.05, 4.69) is 20.2 Å². The Labute approximate surface area is 95.3 Å². The fourth-order valence-electron chi connectivity index (χ4n) is 1.40. The number of aromatic nitrogens is 4. The van der Waals surface area contributed by atoms with Gasteiger partial charge in [-0.05, 0) is 12.1 Å². The summed E-state index contributed by atoms with van der Waals surface area (Å²) < 4.78 is 18.6. The number of para-hydroxylation sites is 1. The second-order valence-electron chi connectivity index (χ2n) is 3.36. The highest BCUT2D eigenvalue weighted by Gasteiger charge is 2.07. The summed E-state index contributed by atoms with van der Waals surface area (Å²) in [4.78, 5) is 8.01. The zero-order valence-corrected chi connectivity index (χ0v) is 8.59. The first-order valence-electron chi connectivity index (χ1n) is 4.91. The number of rotatable bonds is 2. The first kappa shape index (κ1) is 9.71. The van der Waals surface area contributed by atoms with Crippen LogP contribution in [0.5, 0.6) is 11.8 Å². The Bertz CT molecular complexity index is 667. The molecule has 0 bridgehead atoms. The molecular formula is C11H7FN4O. The van der Waals surface area contributed by atoms with Crippen LogP contribution in [0.15, 0.2) is 36.7 Å². The van der Waals surface area contributed by atoms with Gasteiger partial charge in [-0.3, -0.25) is 5.10 Å². The van der Waals surface area contributed by atoms with E-state index in [0.29, 0.717) is 5.65 Å². The number of aromatic amines is 1. The molecule has 17 heavy (non-hydrogen) atoms. The molecule has 0 amide bonds. The first-order chi connectivity index (χ1) is 8.33. The monoisotopic (exact) mass is 230 g/mol. The second kappa shape index (κ2) is 3.82. The smallest absolute Gasteiger partial charge is 0.324 e. The summed E-state index contributed by atoms with van der Waals surface area (Å²) in [6.45, 7) is 0. The zero-order chi connectivity index (χ0) is 11.7. The van der Waals surface area contributed by atoms with Crippen molar-refractivity contribution in [3.05, 3.63) is 42.5 Å². The molecule has 0 unspecified atom stereocenters. The van der Waals surface area contributed by atoms with Crippen molar-refractivity contribution in [2.45, 2.75) is 0 Å². The van der Waals surface area contributed by atoms with Gasteiger partial charge in [-0.1, -0.05) is 12.1 Å². The topological polar surface area (TPSA) is 63.7 Å². The normalized spacial score (nSPS) is 10.6. The number of nitrogens with zero attached hydrogens (tertiary/aromatic N) is 3. The van der Waals surface area contributed by atoms with Crippen molar-refractivity contribution in [2.24, 2.45) is 0 Å². The van der Waals surface area contributed by atoms with E-state index < -0.39 is 5.82 Å². The number of H-pyrrole nitrogens is 1. The first-order valence-corrected chi connectivity index (χ1v) is 4.91. The second-order valence-corrected chi connectivity index (χ2v) is 3.36. The minimum absolute atomic E-state index is 0.0758. The molecule has 6 heteroatoms. The fourth-order valence-corrected chi connectivity index (χ4v) is 1.40. The summed E-state index contributed by atoms with van der Waals surface area (Å²) in [6.07, 6.45) is 3.16. The number of nitrogens with one attached hydrogen (secondary N) is 1. The third-order valence-corrected chi connectivity index (χ3v) is 2.21. The van der Waals surface area contributed by atoms with Crippen molar-refractivity contribution < 1.29 is 9.13 Å². The minimum atomic E-state index is -0.458. The summed E-state index contributed by atoms with van der Waals surface area (Å²) in [5, 5.41) is 7.26. The molecule has 3 aromatic rings. The van der Waals surface area contributed by atoms with E-state index in [1.54, 1.807) is 24.5 Å². The predicted octanol–water partition coefficient (Wildman–Crippen LogP) is 2.28. The quantitative estimate of drug-likeness (QED) is 0.733. The molecule has 0 spiro atoms. The van der Waals surface area contributed by atoms with Gasteiger partial charge in [0.15, 0.2) is 17.2 Å². The fraction of sp³-hybridized carbons (Fsp3) is 0. The maximum Gasteiger partial charge on any atom is 0.324 e. The van der Waals surface area contributed by atoms with Crippen LogP contribution in [-0.2, 0) is 0 Å². The summed E-state index contributed by atoms with van der Waals surface area (Å²) >= 11 is 0. The predicted molar refractivity (Wildman–Crippen MR) is 58.2 cm³/mol. The van der Waals surface area contributed by atoms with Gasteiger partial charge in [-0.25, -0.2) is 9.37 Å². The number of hydrogen-bond donors (Lipinski definition) is 1. The van der Waals surface area contributed by atoms with E-state index in [0.717, 1.165) is 5.39 Å². The standard InChI is InChI=1S/C11H7FN4O/c12-8-3-1-2-4-9(8)17-11-13-5-7-6-14-16-10(7)15-11/h1-6H,(H,13,14,15,16). The largest absolute Gasteiger partial charge is 0.421 e. The van der Waals surface area contributed by atoms with Crippen molar-refractivity contribution in [2.75, 3.05) is 0 Å². The lowest BCUT2D eigenvalue weighted by molar-refractivity contribution is 0.412. The van der Waals surface area contributed by atoms with Crippen LogP contribution in [0.4, 0.5) is 4.39 Å². The third-order valence-electron chi connectivity index (χ3n) is 2.21. The summed E-state index contributed by atoms with van der Waals surface area (Å²) in [6, 6.07) is 6.15. The molecule has 0 aliphatic heterocycles. The average molecular weight is 230 g/mol. The van der Waals surface area contributed by atoms with Gasteiger partial charge in [0.25, 0.3) is 0 Å². The van der Waals surface area contributed by atoms with Crippen LogP contribution in [0.2, 0.25) is 0 Å². The Morgan fingerprint density at radius 3 is 2.94 bits per heavy atom. The molecule has 0 aliphatic carbocycles. The molecule has 0 saturated carbocycles. The molecular weight excluding hydrogens is 223 g/mol. The van der Waals surface area contributed by atoms with Crippen molar-refractivity contribution in [1.29, 1.82) is 0 Å². The molecule has 1 N–H and O–H groups in total. The van der Waals surface area contributed by atoms with Crippen molar-refractivity contribution >= 4 is 11.0 Å². The average Bonchev–Trinajstić information content (AvgIpc) is 2.79. The molecule has 0 atom stereocenters. The number of halogens is 1. The van der Waals surface area contributed by atoms with Crippen LogP contribution in [0.25, 0.3) is 11.0 Å². The van der Waals surface area contributed by atoms with Gasteiger partial charge in [-0.2, -0.15) is 10.1 Å². The van der Waals surface area contributed by atoms with Crippen molar-refractivity contribution in [1.82, 2.24) is 20.2 Å². The van der Waals surface area contributed by atoms with Crippen LogP contribution in [0.1, 0.15) is 0 Å². The van der Waals surface area contributed by atoms with E-state index in [-0.39, 0.29) is 11.8 Å². The molecule has 2 heterocycles.